The highest BCUT2D eigenvalue weighted by atomic mass is 16.4. The van der Waals surface area contributed by atoms with Gasteiger partial charge in [0.15, 0.2) is 0 Å². The Balaban J connectivity index is 1.72. The number of carbonyl (C=O) groups is 1. The van der Waals surface area contributed by atoms with Crippen molar-refractivity contribution in [3.05, 3.63) is 30.2 Å². The number of hydrogen-bond donors (Lipinski definition) is 2. The van der Waals surface area contributed by atoms with E-state index < -0.39 is 5.97 Å². The molecule has 0 aliphatic rings. The second-order valence-corrected chi connectivity index (χ2v) is 5.18. The molecule has 0 fully saturated rings. The van der Waals surface area contributed by atoms with Gasteiger partial charge in [-0.15, -0.1) is 10.2 Å². The van der Waals surface area contributed by atoms with Crippen LogP contribution in [-0.2, 0) is 11.2 Å². The van der Waals surface area contributed by atoms with Crippen LogP contribution in [0, 0.1) is 0 Å². The average molecular weight is 304 g/mol. The summed E-state index contributed by atoms with van der Waals surface area (Å²) in [6, 6.07) is 6.85. The number of aromatic nitrogens is 2. The second kappa shape index (κ2) is 8.17. The van der Waals surface area contributed by atoms with Gasteiger partial charge in [0.25, 0.3) is 5.89 Å². The van der Waals surface area contributed by atoms with Gasteiger partial charge in [-0.2, -0.15) is 0 Å². The molecule has 2 aromatic rings. The van der Waals surface area contributed by atoms with Gasteiger partial charge in [-0.25, -0.2) is 0 Å². The normalized spacial score (nSPS) is 10.7. The van der Waals surface area contributed by atoms with Crippen LogP contribution < -0.4 is 0 Å². The predicted octanol–water partition coefficient (Wildman–Crippen LogP) is 3.41. The zero-order valence-electron chi connectivity index (χ0n) is 12.4. The fraction of sp³-hybridized carbons (Fsp3) is 0.438. The first-order chi connectivity index (χ1) is 10.7. The summed E-state index contributed by atoms with van der Waals surface area (Å²) in [6.07, 6.45) is 5.54. The van der Waals surface area contributed by atoms with Crippen LogP contribution in [0.2, 0.25) is 0 Å². The summed E-state index contributed by atoms with van der Waals surface area (Å²) >= 11 is 0. The molecule has 0 bridgehead atoms. The maximum absolute atomic E-state index is 10.4. The summed E-state index contributed by atoms with van der Waals surface area (Å²) in [6.45, 7) is 0. The van der Waals surface area contributed by atoms with Crippen molar-refractivity contribution in [2.75, 3.05) is 0 Å². The highest BCUT2D eigenvalue weighted by molar-refractivity contribution is 5.66. The molecule has 2 rings (SSSR count). The summed E-state index contributed by atoms with van der Waals surface area (Å²) in [5, 5.41) is 26.2. The molecule has 0 unspecified atom stereocenters. The minimum absolute atomic E-state index is 0.121. The molecule has 22 heavy (non-hydrogen) atoms. The van der Waals surface area contributed by atoms with E-state index in [-0.39, 0.29) is 12.2 Å². The van der Waals surface area contributed by atoms with Crippen LogP contribution in [0.4, 0.5) is 0 Å². The molecular formula is C16H20N2O4. The number of para-hydroxylation sites is 1. The molecule has 1 heterocycles. The summed E-state index contributed by atoms with van der Waals surface area (Å²) in [7, 11) is 0. The molecule has 0 spiro atoms. The van der Waals surface area contributed by atoms with E-state index in [0.29, 0.717) is 23.8 Å². The van der Waals surface area contributed by atoms with Crippen LogP contribution in [-0.4, -0.2) is 26.4 Å². The zero-order valence-corrected chi connectivity index (χ0v) is 12.4. The Morgan fingerprint density at radius 3 is 2.55 bits per heavy atom. The van der Waals surface area contributed by atoms with Crippen molar-refractivity contribution in [3.63, 3.8) is 0 Å². The molecular weight excluding hydrogens is 284 g/mol. The van der Waals surface area contributed by atoms with Crippen molar-refractivity contribution in [3.8, 4) is 17.2 Å². The van der Waals surface area contributed by atoms with E-state index in [2.05, 4.69) is 10.2 Å². The van der Waals surface area contributed by atoms with Crippen LogP contribution >= 0.6 is 0 Å². The van der Waals surface area contributed by atoms with Gasteiger partial charge in [0.05, 0.1) is 5.56 Å². The number of rotatable bonds is 9. The SMILES string of the molecule is O=C(O)CCCCCCCc1nnc(-c2ccccc2O)o1. The highest BCUT2D eigenvalue weighted by Crippen LogP contribution is 2.27. The van der Waals surface area contributed by atoms with Gasteiger partial charge in [0, 0.05) is 12.8 Å². The molecule has 0 amide bonds. The first-order valence-electron chi connectivity index (χ1n) is 7.49. The van der Waals surface area contributed by atoms with E-state index in [0.717, 1.165) is 32.1 Å². The number of unbranched alkanes of at least 4 members (excludes halogenated alkanes) is 4. The van der Waals surface area contributed by atoms with Gasteiger partial charge >= 0.3 is 5.97 Å². The quantitative estimate of drug-likeness (QED) is 0.689. The Morgan fingerprint density at radius 2 is 1.77 bits per heavy atom. The monoisotopic (exact) mass is 304 g/mol. The third kappa shape index (κ3) is 4.87. The Kier molecular flexibility index (Phi) is 5.94. The number of aromatic hydroxyl groups is 1. The molecule has 1 aromatic carbocycles. The van der Waals surface area contributed by atoms with Gasteiger partial charge in [-0.05, 0) is 25.0 Å². The van der Waals surface area contributed by atoms with Crippen molar-refractivity contribution in [2.24, 2.45) is 0 Å². The predicted molar refractivity (Wildman–Crippen MR) is 80.4 cm³/mol. The molecule has 6 heteroatoms. The number of aryl methyl sites for hydroxylation is 1. The largest absolute Gasteiger partial charge is 0.507 e. The lowest BCUT2D eigenvalue weighted by Crippen LogP contribution is -1.93. The molecule has 1 aromatic heterocycles. The Hall–Kier alpha value is -2.37. The summed E-state index contributed by atoms with van der Waals surface area (Å²) in [5.41, 5.74) is 0.537. The molecule has 0 radical (unpaired) electrons. The summed E-state index contributed by atoms with van der Waals surface area (Å²) in [4.78, 5) is 10.4. The molecule has 0 saturated carbocycles. The molecule has 0 aliphatic carbocycles. The standard InChI is InChI=1S/C16H20N2O4/c19-13-9-7-6-8-12(13)16-18-17-14(22-16)10-4-2-1-3-5-11-15(20)21/h6-9,19H,1-5,10-11H2,(H,20,21). The number of phenols is 1. The fourth-order valence-electron chi connectivity index (χ4n) is 2.20. The van der Waals surface area contributed by atoms with E-state index in [1.165, 1.54) is 0 Å². The summed E-state index contributed by atoms with van der Waals surface area (Å²) < 4.78 is 5.55. The molecule has 0 atom stereocenters. The number of nitrogens with zero attached hydrogens (tertiary/aromatic N) is 2. The molecule has 6 nitrogen and oxygen atoms in total. The molecule has 118 valence electrons. The van der Waals surface area contributed by atoms with E-state index in [1.807, 2.05) is 0 Å². The van der Waals surface area contributed by atoms with Crippen LogP contribution in [0.15, 0.2) is 28.7 Å². The van der Waals surface area contributed by atoms with Crippen LogP contribution in [0.5, 0.6) is 5.75 Å². The van der Waals surface area contributed by atoms with E-state index >= 15 is 0 Å². The maximum atomic E-state index is 10.4. The Bertz CT molecular complexity index is 610. The van der Waals surface area contributed by atoms with Crippen LogP contribution in [0.1, 0.15) is 44.4 Å². The molecule has 2 N–H and O–H groups in total. The lowest BCUT2D eigenvalue weighted by atomic mass is 10.1. The van der Waals surface area contributed by atoms with E-state index in [1.54, 1.807) is 24.3 Å². The minimum atomic E-state index is -0.734. The smallest absolute Gasteiger partial charge is 0.303 e. The summed E-state index contributed by atoms with van der Waals surface area (Å²) in [5.74, 6) is 0.275. The van der Waals surface area contributed by atoms with Crippen molar-refractivity contribution in [1.29, 1.82) is 0 Å². The number of carboxylic acids is 1. The zero-order chi connectivity index (χ0) is 15.8. The maximum Gasteiger partial charge on any atom is 0.303 e. The van der Waals surface area contributed by atoms with Crippen molar-refractivity contribution in [2.45, 2.75) is 44.9 Å². The molecule has 0 saturated heterocycles. The fourth-order valence-corrected chi connectivity index (χ4v) is 2.20. The Morgan fingerprint density at radius 1 is 1.05 bits per heavy atom. The van der Waals surface area contributed by atoms with Crippen LogP contribution in [0.25, 0.3) is 11.5 Å². The van der Waals surface area contributed by atoms with E-state index in [4.69, 9.17) is 9.52 Å². The third-order valence-electron chi connectivity index (χ3n) is 3.38. The van der Waals surface area contributed by atoms with Gasteiger partial charge in [0.2, 0.25) is 5.89 Å². The number of hydrogen-bond acceptors (Lipinski definition) is 5. The van der Waals surface area contributed by atoms with Gasteiger partial charge < -0.3 is 14.6 Å². The van der Waals surface area contributed by atoms with Crippen molar-refractivity contribution < 1.29 is 19.4 Å². The number of benzene rings is 1. The van der Waals surface area contributed by atoms with Gasteiger partial charge in [0.1, 0.15) is 5.75 Å². The first-order valence-corrected chi connectivity index (χ1v) is 7.49. The lowest BCUT2D eigenvalue weighted by Gasteiger charge is -1.99. The van der Waals surface area contributed by atoms with Gasteiger partial charge in [-0.3, -0.25) is 4.79 Å². The van der Waals surface area contributed by atoms with Crippen LogP contribution in [0.3, 0.4) is 0 Å². The third-order valence-corrected chi connectivity index (χ3v) is 3.38. The van der Waals surface area contributed by atoms with Crippen molar-refractivity contribution in [1.82, 2.24) is 10.2 Å². The number of carboxylic acid groups (broad SMARTS) is 1. The lowest BCUT2D eigenvalue weighted by molar-refractivity contribution is -0.137. The highest BCUT2D eigenvalue weighted by Gasteiger charge is 2.11. The topological polar surface area (TPSA) is 96.5 Å². The van der Waals surface area contributed by atoms with Crippen molar-refractivity contribution >= 4 is 5.97 Å². The average Bonchev–Trinajstić information content (AvgIpc) is 2.95. The first kappa shape index (κ1) is 16.0. The van der Waals surface area contributed by atoms with Gasteiger partial charge in [-0.1, -0.05) is 31.4 Å². The number of phenolic OH excluding ortho intramolecular Hbond substituents is 1. The molecule has 0 aliphatic heterocycles. The second-order valence-electron chi connectivity index (χ2n) is 5.18. The number of aliphatic carboxylic acids is 1. The minimum Gasteiger partial charge on any atom is -0.507 e. The Labute approximate surface area is 128 Å². The van der Waals surface area contributed by atoms with E-state index in [9.17, 15) is 9.90 Å².